The van der Waals surface area contributed by atoms with E-state index in [1.807, 2.05) is 20.8 Å². The smallest absolute Gasteiger partial charge is 0.161 e. The third-order valence-corrected chi connectivity index (χ3v) is 7.39. The van der Waals surface area contributed by atoms with Crippen molar-refractivity contribution >= 4 is 11.6 Å². The average Bonchev–Trinajstić information content (AvgIpc) is 2.43. The summed E-state index contributed by atoms with van der Waals surface area (Å²) in [5.74, 6) is 0.830. The van der Waals surface area contributed by atoms with E-state index >= 15 is 0 Å². The second-order valence-electron chi connectivity index (χ2n) is 8.59. The summed E-state index contributed by atoms with van der Waals surface area (Å²) in [6.07, 6.45) is 3.13. The fraction of sp³-hybridized carbons (Fsp3) is 0.789. The minimum absolute atomic E-state index is 0.00490. The Labute approximate surface area is 137 Å². The van der Waals surface area contributed by atoms with Crippen LogP contribution in [0.4, 0.5) is 0 Å². The van der Waals surface area contributed by atoms with Crippen molar-refractivity contribution in [3.05, 3.63) is 11.1 Å². The van der Waals surface area contributed by atoms with Crippen LogP contribution in [-0.4, -0.2) is 35.0 Å². The molecule has 1 aliphatic heterocycles. The molecule has 0 aromatic carbocycles. The zero-order valence-electron chi connectivity index (χ0n) is 14.2. The summed E-state index contributed by atoms with van der Waals surface area (Å²) in [6.45, 7) is 6.53. The summed E-state index contributed by atoms with van der Waals surface area (Å²) in [5.41, 5.74) is 0.00208. The SMILES string of the molecule is CC1=C2CC(=O)C3CCC4OCC4C3CC(O)(CC1=O)C2(C)C. The summed E-state index contributed by atoms with van der Waals surface area (Å²) >= 11 is 0. The molecule has 4 aliphatic rings. The quantitative estimate of drug-likeness (QED) is 0.745. The lowest BCUT2D eigenvalue weighted by atomic mass is 9.52. The molecule has 2 bridgehead atoms. The summed E-state index contributed by atoms with van der Waals surface area (Å²) in [5, 5.41) is 11.5. The third kappa shape index (κ3) is 1.97. The molecule has 126 valence electrons. The molecule has 23 heavy (non-hydrogen) atoms. The molecule has 4 rings (SSSR count). The summed E-state index contributed by atoms with van der Waals surface area (Å²) in [4.78, 5) is 25.4. The van der Waals surface area contributed by atoms with Gasteiger partial charge in [-0.2, -0.15) is 0 Å². The van der Waals surface area contributed by atoms with Gasteiger partial charge >= 0.3 is 0 Å². The number of Topliss-reactive ketones (excluding diaryl/α,β-unsaturated/α-hetero) is 2. The maximum absolute atomic E-state index is 13.0. The number of fused-ring (bicyclic) bond motifs is 5. The van der Waals surface area contributed by atoms with Gasteiger partial charge in [-0.25, -0.2) is 0 Å². The number of aliphatic hydroxyl groups is 1. The molecule has 3 aliphatic carbocycles. The average molecular weight is 318 g/mol. The number of rotatable bonds is 0. The van der Waals surface area contributed by atoms with Crippen molar-refractivity contribution in [1.29, 1.82) is 0 Å². The van der Waals surface area contributed by atoms with Gasteiger partial charge in [0.2, 0.25) is 0 Å². The number of carbonyl (C=O) groups is 2. The Balaban J connectivity index is 1.81. The lowest BCUT2D eigenvalue weighted by Crippen LogP contribution is -2.59. The Morgan fingerprint density at radius 1 is 1.17 bits per heavy atom. The molecule has 0 amide bonds. The number of allylic oxidation sites excluding steroid dienone is 1. The number of carbonyl (C=O) groups excluding carboxylic acids is 2. The highest BCUT2D eigenvalue weighted by Crippen LogP contribution is 2.56. The molecule has 0 spiro atoms. The van der Waals surface area contributed by atoms with E-state index in [2.05, 4.69) is 0 Å². The zero-order valence-corrected chi connectivity index (χ0v) is 14.2. The van der Waals surface area contributed by atoms with Crippen molar-refractivity contribution in [3.63, 3.8) is 0 Å². The number of hydrogen-bond donors (Lipinski definition) is 1. The van der Waals surface area contributed by atoms with Gasteiger partial charge in [0.1, 0.15) is 5.78 Å². The van der Waals surface area contributed by atoms with Crippen LogP contribution in [0.1, 0.15) is 52.9 Å². The Morgan fingerprint density at radius 2 is 1.91 bits per heavy atom. The largest absolute Gasteiger partial charge is 0.389 e. The predicted octanol–water partition coefficient (Wildman–Crippen LogP) is 2.44. The molecule has 5 unspecified atom stereocenters. The van der Waals surface area contributed by atoms with Crippen molar-refractivity contribution in [2.24, 2.45) is 23.2 Å². The fourth-order valence-corrected chi connectivity index (χ4v) is 5.50. The van der Waals surface area contributed by atoms with Gasteiger partial charge in [0, 0.05) is 30.1 Å². The van der Waals surface area contributed by atoms with E-state index in [4.69, 9.17) is 4.74 Å². The molecule has 0 radical (unpaired) electrons. The normalized spacial score (nSPS) is 45.6. The van der Waals surface area contributed by atoms with Crippen molar-refractivity contribution in [3.8, 4) is 0 Å². The topological polar surface area (TPSA) is 63.6 Å². The molecule has 1 saturated heterocycles. The first-order chi connectivity index (χ1) is 10.7. The van der Waals surface area contributed by atoms with Crippen LogP contribution in [0, 0.1) is 23.2 Å². The number of ketones is 2. The molecular formula is C19H26O4. The second-order valence-corrected chi connectivity index (χ2v) is 8.59. The van der Waals surface area contributed by atoms with Crippen LogP contribution in [-0.2, 0) is 14.3 Å². The van der Waals surface area contributed by atoms with Gasteiger partial charge in [0.15, 0.2) is 5.78 Å². The Kier molecular flexibility index (Phi) is 3.21. The van der Waals surface area contributed by atoms with E-state index in [9.17, 15) is 14.7 Å². The van der Waals surface area contributed by atoms with E-state index in [0.29, 0.717) is 30.9 Å². The molecule has 2 saturated carbocycles. The maximum Gasteiger partial charge on any atom is 0.161 e. The fourth-order valence-electron chi connectivity index (χ4n) is 5.50. The Bertz CT molecular complexity index is 617. The molecule has 5 atom stereocenters. The number of ether oxygens (including phenoxy) is 1. The van der Waals surface area contributed by atoms with Gasteiger partial charge in [-0.05, 0) is 43.3 Å². The van der Waals surface area contributed by atoms with E-state index in [0.717, 1.165) is 18.4 Å². The van der Waals surface area contributed by atoms with Gasteiger partial charge in [0.05, 0.1) is 18.3 Å². The predicted molar refractivity (Wildman–Crippen MR) is 84.7 cm³/mol. The van der Waals surface area contributed by atoms with E-state index in [-0.39, 0.29) is 35.9 Å². The van der Waals surface area contributed by atoms with E-state index in [1.54, 1.807) is 0 Å². The third-order valence-electron chi connectivity index (χ3n) is 7.39. The van der Waals surface area contributed by atoms with Gasteiger partial charge in [-0.15, -0.1) is 0 Å². The standard InChI is InChI=1S/C19H26O4/c1-10-14-6-15(20)11-4-5-17-13(9-23-17)12(11)7-19(22,8-16(10)21)18(14,2)3/h11-13,17,22H,4-9H2,1-3H3. The van der Waals surface area contributed by atoms with Crippen molar-refractivity contribution in [1.82, 2.24) is 0 Å². The van der Waals surface area contributed by atoms with Gasteiger partial charge in [0.25, 0.3) is 0 Å². The molecule has 1 N–H and O–H groups in total. The Morgan fingerprint density at radius 3 is 2.57 bits per heavy atom. The molecule has 0 aromatic rings. The molecule has 1 heterocycles. The molecule has 0 aromatic heterocycles. The van der Waals surface area contributed by atoms with Gasteiger partial charge in [-0.3, -0.25) is 9.59 Å². The first-order valence-corrected chi connectivity index (χ1v) is 8.85. The van der Waals surface area contributed by atoms with Gasteiger partial charge in [-0.1, -0.05) is 13.8 Å². The zero-order chi connectivity index (χ0) is 16.6. The monoisotopic (exact) mass is 318 g/mol. The highest BCUT2D eigenvalue weighted by molar-refractivity contribution is 5.99. The first kappa shape index (κ1) is 15.5. The first-order valence-electron chi connectivity index (χ1n) is 8.85. The summed E-state index contributed by atoms with van der Waals surface area (Å²) in [6, 6.07) is 0. The molecular weight excluding hydrogens is 292 g/mol. The van der Waals surface area contributed by atoms with Crippen LogP contribution < -0.4 is 0 Å². The molecule has 4 nitrogen and oxygen atoms in total. The maximum atomic E-state index is 13.0. The van der Waals surface area contributed by atoms with Gasteiger partial charge < -0.3 is 9.84 Å². The second kappa shape index (κ2) is 4.76. The van der Waals surface area contributed by atoms with Crippen molar-refractivity contribution in [2.45, 2.75) is 64.6 Å². The van der Waals surface area contributed by atoms with Crippen LogP contribution >= 0.6 is 0 Å². The summed E-state index contributed by atoms with van der Waals surface area (Å²) < 4.78 is 5.65. The minimum atomic E-state index is -1.04. The van der Waals surface area contributed by atoms with Crippen LogP contribution in [0.3, 0.4) is 0 Å². The molecule has 3 fully saturated rings. The van der Waals surface area contributed by atoms with Crippen LogP contribution in [0.25, 0.3) is 0 Å². The lowest BCUT2D eigenvalue weighted by Gasteiger charge is -2.56. The van der Waals surface area contributed by atoms with E-state index in [1.165, 1.54) is 0 Å². The lowest BCUT2D eigenvalue weighted by molar-refractivity contribution is -0.195. The number of hydrogen-bond acceptors (Lipinski definition) is 4. The van der Waals surface area contributed by atoms with Crippen LogP contribution in [0.5, 0.6) is 0 Å². The van der Waals surface area contributed by atoms with Crippen molar-refractivity contribution in [2.75, 3.05) is 6.61 Å². The van der Waals surface area contributed by atoms with E-state index < -0.39 is 11.0 Å². The highest BCUT2D eigenvalue weighted by Gasteiger charge is 2.58. The minimum Gasteiger partial charge on any atom is -0.389 e. The van der Waals surface area contributed by atoms with Crippen LogP contribution in [0.2, 0.25) is 0 Å². The van der Waals surface area contributed by atoms with Crippen LogP contribution in [0.15, 0.2) is 11.1 Å². The van der Waals surface area contributed by atoms with Crippen molar-refractivity contribution < 1.29 is 19.4 Å². The Hall–Kier alpha value is -1.00. The molecule has 4 heteroatoms. The summed E-state index contributed by atoms with van der Waals surface area (Å²) in [7, 11) is 0. The highest BCUT2D eigenvalue weighted by atomic mass is 16.5.